The van der Waals surface area contributed by atoms with Crippen molar-refractivity contribution in [3.63, 3.8) is 0 Å². The summed E-state index contributed by atoms with van der Waals surface area (Å²) < 4.78 is 7.07. The highest BCUT2D eigenvalue weighted by atomic mass is 35.5. The van der Waals surface area contributed by atoms with E-state index in [1.807, 2.05) is 47.3 Å². The summed E-state index contributed by atoms with van der Waals surface area (Å²) in [6.07, 6.45) is 3.83. The lowest BCUT2D eigenvalue weighted by molar-refractivity contribution is -0.682. The summed E-state index contributed by atoms with van der Waals surface area (Å²) in [5.41, 5.74) is 0.561. The molecule has 1 aromatic heterocycles. The minimum Gasteiger partial charge on any atom is -0.495 e. The van der Waals surface area contributed by atoms with Crippen molar-refractivity contribution in [2.45, 2.75) is 6.54 Å². The number of hydrogen-bond donors (Lipinski definition) is 1. The molecule has 0 fully saturated rings. The molecule has 1 N–H and O–H groups in total. The first-order valence-corrected chi connectivity index (χ1v) is 7.55. The van der Waals surface area contributed by atoms with E-state index in [4.69, 9.17) is 16.3 Å². The molecule has 0 unspecified atom stereocenters. The summed E-state index contributed by atoms with van der Waals surface area (Å²) in [4.78, 5) is 12.3. The van der Waals surface area contributed by atoms with Gasteiger partial charge >= 0.3 is 0 Å². The van der Waals surface area contributed by atoms with Crippen LogP contribution in [0.4, 0.5) is 5.69 Å². The van der Waals surface area contributed by atoms with Crippen molar-refractivity contribution in [3.05, 3.63) is 65.9 Å². The van der Waals surface area contributed by atoms with Gasteiger partial charge in [-0.15, -0.1) is 0 Å². The molecule has 0 saturated heterocycles. The number of ether oxygens (including phenoxy) is 1. The summed E-state index contributed by atoms with van der Waals surface area (Å²) in [6, 6.07) is 15.1. The van der Waals surface area contributed by atoms with Crippen LogP contribution in [0.25, 0.3) is 10.8 Å². The molecule has 0 bridgehead atoms. The maximum Gasteiger partial charge on any atom is 0.290 e. The monoisotopic (exact) mass is 327 g/mol. The first kappa shape index (κ1) is 15.3. The molecule has 4 nitrogen and oxygen atoms in total. The Morgan fingerprint density at radius 3 is 2.74 bits per heavy atom. The molecule has 3 rings (SSSR count). The van der Waals surface area contributed by atoms with Gasteiger partial charge in [-0.3, -0.25) is 4.79 Å². The van der Waals surface area contributed by atoms with E-state index in [0.717, 1.165) is 10.8 Å². The van der Waals surface area contributed by atoms with Crippen LogP contribution < -0.4 is 14.6 Å². The zero-order valence-electron chi connectivity index (χ0n) is 12.6. The summed E-state index contributed by atoms with van der Waals surface area (Å²) in [5.74, 6) is 0.428. The normalized spacial score (nSPS) is 10.5. The minimum atomic E-state index is -0.147. The highest BCUT2D eigenvalue weighted by molar-refractivity contribution is 6.31. The lowest BCUT2D eigenvalue weighted by atomic mass is 10.2. The zero-order chi connectivity index (χ0) is 16.2. The van der Waals surface area contributed by atoms with Gasteiger partial charge in [-0.25, -0.2) is 0 Å². The number of halogens is 1. The van der Waals surface area contributed by atoms with Crippen molar-refractivity contribution in [3.8, 4) is 5.75 Å². The average Bonchev–Trinajstić information content (AvgIpc) is 2.55. The number of pyridine rings is 1. The number of nitrogens with zero attached hydrogens (tertiary/aromatic N) is 1. The van der Waals surface area contributed by atoms with Gasteiger partial charge in [0.1, 0.15) is 5.75 Å². The molecule has 5 heteroatoms. The number of methoxy groups -OCH3 is 1. The van der Waals surface area contributed by atoms with Crippen molar-refractivity contribution in [1.29, 1.82) is 0 Å². The molecule has 0 saturated carbocycles. The van der Waals surface area contributed by atoms with Gasteiger partial charge in [-0.2, -0.15) is 4.57 Å². The predicted octanol–water partition coefficient (Wildman–Crippen LogP) is 3.43. The van der Waals surface area contributed by atoms with E-state index in [2.05, 4.69) is 5.32 Å². The first-order valence-electron chi connectivity index (χ1n) is 7.17. The van der Waals surface area contributed by atoms with Crippen LogP contribution in [-0.4, -0.2) is 13.0 Å². The molecular weight excluding hydrogens is 312 g/mol. The van der Waals surface area contributed by atoms with Crippen LogP contribution in [0.5, 0.6) is 5.75 Å². The lowest BCUT2D eigenvalue weighted by Crippen LogP contribution is -2.39. The molecule has 0 aliphatic carbocycles. The van der Waals surface area contributed by atoms with Gasteiger partial charge in [0.15, 0.2) is 12.4 Å². The van der Waals surface area contributed by atoms with E-state index in [-0.39, 0.29) is 12.5 Å². The van der Waals surface area contributed by atoms with Crippen LogP contribution in [0.1, 0.15) is 0 Å². The summed E-state index contributed by atoms with van der Waals surface area (Å²) in [7, 11) is 1.55. The van der Waals surface area contributed by atoms with Crippen molar-refractivity contribution >= 4 is 34.0 Å². The molecule has 0 aliphatic heterocycles. The molecule has 116 valence electrons. The Bertz CT molecular complexity index is 865. The number of anilines is 1. The number of hydrogen-bond acceptors (Lipinski definition) is 2. The predicted molar refractivity (Wildman–Crippen MR) is 90.8 cm³/mol. The largest absolute Gasteiger partial charge is 0.495 e. The van der Waals surface area contributed by atoms with Crippen LogP contribution in [0.15, 0.2) is 60.9 Å². The molecule has 0 atom stereocenters. The molecule has 3 aromatic rings. The SMILES string of the molecule is COc1ccc(Cl)cc1NC(=O)C[n+]1ccc2ccccc2c1. The third-order valence-electron chi connectivity index (χ3n) is 3.51. The van der Waals surface area contributed by atoms with Crippen LogP contribution >= 0.6 is 11.6 Å². The Kier molecular flexibility index (Phi) is 4.44. The van der Waals surface area contributed by atoms with Crippen LogP contribution in [-0.2, 0) is 11.3 Å². The van der Waals surface area contributed by atoms with Gasteiger partial charge in [-0.1, -0.05) is 29.8 Å². The van der Waals surface area contributed by atoms with Crippen LogP contribution in [0.2, 0.25) is 5.02 Å². The maximum atomic E-state index is 12.3. The van der Waals surface area contributed by atoms with Gasteiger partial charge in [0.2, 0.25) is 6.54 Å². The van der Waals surface area contributed by atoms with E-state index >= 15 is 0 Å². The number of carbonyl (C=O) groups excluding carboxylic acids is 1. The van der Waals surface area contributed by atoms with Crippen molar-refractivity contribution in [2.24, 2.45) is 0 Å². The van der Waals surface area contributed by atoms with Crippen molar-refractivity contribution in [2.75, 3.05) is 12.4 Å². The number of amides is 1. The van der Waals surface area contributed by atoms with Crippen LogP contribution in [0, 0.1) is 0 Å². The molecule has 1 amide bonds. The van der Waals surface area contributed by atoms with E-state index in [1.54, 1.807) is 25.3 Å². The third kappa shape index (κ3) is 3.60. The van der Waals surface area contributed by atoms with E-state index in [9.17, 15) is 4.79 Å². The molecule has 0 radical (unpaired) electrons. The Hall–Kier alpha value is -2.59. The molecule has 2 aromatic carbocycles. The van der Waals surface area contributed by atoms with Gasteiger partial charge in [0.05, 0.1) is 12.8 Å². The number of fused-ring (bicyclic) bond motifs is 1. The molecule has 0 aliphatic rings. The number of benzene rings is 2. The fourth-order valence-electron chi connectivity index (χ4n) is 2.41. The quantitative estimate of drug-likeness (QED) is 0.746. The second kappa shape index (κ2) is 6.67. The third-order valence-corrected chi connectivity index (χ3v) is 3.74. The smallest absolute Gasteiger partial charge is 0.290 e. The van der Waals surface area contributed by atoms with Gasteiger partial charge in [0.25, 0.3) is 5.91 Å². The second-order valence-electron chi connectivity index (χ2n) is 5.14. The summed E-state index contributed by atoms with van der Waals surface area (Å²) >= 11 is 5.97. The Morgan fingerprint density at radius 2 is 1.96 bits per heavy atom. The Labute approximate surface area is 139 Å². The number of rotatable bonds is 4. The molecular formula is C18H16ClN2O2+. The second-order valence-corrected chi connectivity index (χ2v) is 5.58. The van der Waals surface area contributed by atoms with Gasteiger partial charge in [-0.05, 0) is 29.7 Å². The number of aromatic nitrogens is 1. The fourth-order valence-corrected chi connectivity index (χ4v) is 2.58. The maximum absolute atomic E-state index is 12.3. The molecule has 23 heavy (non-hydrogen) atoms. The highest BCUT2D eigenvalue weighted by Crippen LogP contribution is 2.27. The fraction of sp³-hybridized carbons (Fsp3) is 0.111. The Balaban J connectivity index is 1.77. The molecule has 0 spiro atoms. The average molecular weight is 328 g/mol. The number of nitrogens with one attached hydrogen (secondary N) is 1. The summed E-state index contributed by atoms with van der Waals surface area (Å²) in [6.45, 7) is 0.209. The van der Waals surface area contributed by atoms with E-state index in [1.165, 1.54) is 0 Å². The van der Waals surface area contributed by atoms with Crippen molar-refractivity contribution in [1.82, 2.24) is 0 Å². The van der Waals surface area contributed by atoms with Gasteiger partial charge < -0.3 is 10.1 Å². The highest BCUT2D eigenvalue weighted by Gasteiger charge is 2.13. The minimum absolute atomic E-state index is 0.147. The topological polar surface area (TPSA) is 42.2 Å². The van der Waals surface area contributed by atoms with Crippen LogP contribution in [0.3, 0.4) is 0 Å². The zero-order valence-corrected chi connectivity index (χ0v) is 13.4. The number of carbonyl (C=O) groups is 1. The standard InChI is InChI=1S/C18H15ClN2O2/c1-23-17-7-6-15(19)10-16(17)20-18(22)12-21-9-8-13-4-2-3-5-14(13)11-21/h2-11H,12H2,1H3/p+1. The van der Waals surface area contributed by atoms with Gasteiger partial charge in [0, 0.05) is 16.5 Å². The lowest BCUT2D eigenvalue weighted by Gasteiger charge is -2.09. The first-order chi connectivity index (χ1) is 11.2. The Morgan fingerprint density at radius 1 is 1.17 bits per heavy atom. The van der Waals surface area contributed by atoms with Crippen molar-refractivity contribution < 1.29 is 14.1 Å². The van der Waals surface area contributed by atoms with E-state index < -0.39 is 0 Å². The van der Waals surface area contributed by atoms with E-state index in [0.29, 0.717) is 16.5 Å². The molecule has 1 heterocycles. The summed E-state index contributed by atoms with van der Waals surface area (Å²) in [5, 5.41) is 5.60.